The van der Waals surface area contributed by atoms with Gasteiger partial charge < -0.3 is 4.90 Å². The molecule has 0 aliphatic carbocycles. The van der Waals surface area contributed by atoms with Crippen molar-refractivity contribution in [3.8, 4) is 0 Å². The number of benzene rings is 3. The van der Waals surface area contributed by atoms with Crippen LogP contribution in [0.3, 0.4) is 0 Å². The van der Waals surface area contributed by atoms with Gasteiger partial charge in [-0.1, -0.05) is 47.5 Å². The lowest BCUT2D eigenvalue weighted by Crippen LogP contribution is -2.41. The molecule has 0 bridgehead atoms. The summed E-state index contributed by atoms with van der Waals surface area (Å²) in [6.07, 6.45) is 0. The number of likely N-dealkylation sites (N-methyl/N-ethyl adjacent to an activating group) is 1. The molecule has 29 heavy (non-hydrogen) atoms. The van der Waals surface area contributed by atoms with Crippen LogP contribution in [0.25, 0.3) is 0 Å². The number of aryl methyl sites for hydroxylation is 1. The Bertz CT molecular complexity index is 1080. The Morgan fingerprint density at radius 2 is 1.45 bits per heavy atom. The smallest absolute Gasteiger partial charge is 0.264 e. The van der Waals surface area contributed by atoms with Crippen LogP contribution in [0.1, 0.15) is 5.56 Å². The van der Waals surface area contributed by atoms with Crippen LogP contribution in [0, 0.1) is 6.92 Å². The number of hydrogen-bond acceptors (Lipinski definition) is 3. The fourth-order valence-corrected chi connectivity index (χ4v) is 4.32. The SMILES string of the molecule is Cc1ccc(S(=O)(=O)N(CC(=O)N(C)c2ccccc2)c2ccc(Cl)cc2)cc1. The minimum atomic E-state index is -3.95. The molecule has 3 aromatic rings. The number of anilines is 2. The van der Waals surface area contributed by atoms with Crippen molar-refractivity contribution in [2.24, 2.45) is 0 Å². The Morgan fingerprint density at radius 1 is 0.862 bits per heavy atom. The van der Waals surface area contributed by atoms with Crippen LogP contribution in [-0.4, -0.2) is 27.9 Å². The fraction of sp³-hybridized carbons (Fsp3) is 0.136. The molecule has 5 nitrogen and oxygen atoms in total. The molecule has 3 rings (SSSR count). The third-order valence-electron chi connectivity index (χ3n) is 4.52. The molecule has 0 saturated heterocycles. The highest BCUT2D eigenvalue weighted by atomic mass is 35.5. The van der Waals surface area contributed by atoms with Crippen molar-refractivity contribution in [1.29, 1.82) is 0 Å². The number of sulfonamides is 1. The number of rotatable bonds is 6. The second-order valence-corrected chi connectivity index (χ2v) is 8.89. The maximum Gasteiger partial charge on any atom is 0.264 e. The van der Waals surface area contributed by atoms with E-state index in [1.807, 2.05) is 25.1 Å². The normalized spacial score (nSPS) is 11.1. The number of para-hydroxylation sites is 1. The lowest BCUT2D eigenvalue weighted by atomic mass is 10.2. The van der Waals surface area contributed by atoms with Gasteiger partial charge in [0.1, 0.15) is 6.54 Å². The molecule has 0 aromatic heterocycles. The van der Waals surface area contributed by atoms with Crippen LogP contribution < -0.4 is 9.21 Å². The highest BCUT2D eigenvalue weighted by Crippen LogP contribution is 2.26. The second kappa shape index (κ2) is 8.68. The van der Waals surface area contributed by atoms with Gasteiger partial charge in [0.15, 0.2) is 0 Å². The van der Waals surface area contributed by atoms with Crippen molar-refractivity contribution in [1.82, 2.24) is 0 Å². The summed E-state index contributed by atoms with van der Waals surface area (Å²) in [6, 6.07) is 22.0. The van der Waals surface area contributed by atoms with Crippen LogP contribution in [0.4, 0.5) is 11.4 Å². The van der Waals surface area contributed by atoms with Crippen LogP contribution in [-0.2, 0) is 14.8 Å². The molecular formula is C22H21ClN2O3S. The van der Waals surface area contributed by atoms with Gasteiger partial charge in [0, 0.05) is 17.8 Å². The second-order valence-electron chi connectivity index (χ2n) is 6.59. The van der Waals surface area contributed by atoms with E-state index in [0.717, 1.165) is 9.87 Å². The highest BCUT2D eigenvalue weighted by molar-refractivity contribution is 7.92. The zero-order valence-corrected chi connectivity index (χ0v) is 17.7. The topological polar surface area (TPSA) is 57.7 Å². The maximum absolute atomic E-state index is 13.3. The summed E-state index contributed by atoms with van der Waals surface area (Å²) >= 11 is 5.96. The third kappa shape index (κ3) is 4.78. The molecule has 0 aliphatic rings. The summed E-state index contributed by atoms with van der Waals surface area (Å²) in [5.41, 5.74) is 1.99. The Labute approximate surface area is 176 Å². The Balaban J connectivity index is 1.98. The van der Waals surface area contributed by atoms with E-state index in [0.29, 0.717) is 16.4 Å². The molecule has 0 spiro atoms. The van der Waals surface area contributed by atoms with Gasteiger partial charge in [0.25, 0.3) is 10.0 Å². The van der Waals surface area contributed by atoms with Crippen molar-refractivity contribution in [2.45, 2.75) is 11.8 Å². The first kappa shape index (κ1) is 20.9. The molecule has 150 valence electrons. The van der Waals surface area contributed by atoms with Crippen molar-refractivity contribution in [3.05, 3.63) is 89.4 Å². The number of halogens is 1. The van der Waals surface area contributed by atoms with Crippen molar-refractivity contribution < 1.29 is 13.2 Å². The van der Waals surface area contributed by atoms with Crippen LogP contribution in [0.2, 0.25) is 5.02 Å². The van der Waals surface area contributed by atoms with Gasteiger partial charge in [-0.2, -0.15) is 0 Å². The first-order valence-electron chi connectivity index (χ1n) is 8.95. The molecule has 0 N–H and O–H groups in total. The van der Waals surface area contributed by atoms with Gasteiger partial charge >= 0.3 is 0 Å². The summed E-state index contributed by atoms with van der Waals surface area (Å²) in [4.78, 5) is 14.5. The Kier molecular flexibility index (Phi) is 6.25. The van der Waals surface area contributed by atoms with E-state index >= 15 is 0 Å². The van der Waals surface area contributed by atoms with Crippen molar-refractivity contribution in [2.75, 3.05) is 22.8 Å². The van der Waals surface area contributed by atoms with E-state index in [1.165, 1.54) is 4.90 Å². The first-order valence-corrected chi connectivity index (χ1v) is 10.8. The molecule has 0 fully saturated rings. The maximum atomic E-state index is 13.3. The number of carbonyl (C=O) groups excluding carboxylic acids is 1. The van der Waals surface area contributed by atoms with Gasteiger partial charge in [-0.3, -0.25) is 9.10 Å². The molecule has 3 aromatic carbocycles. The van der Waals surface area contributed by atoms with E-state index < -0.39 is 10.0 Å². The molecule has 0 heterocycles. The number of nitrogens with zero attached hydrogens (tertiary/aromatic N) is 2. The molecule has 0 atom stereocenters. The quantitative estimate of drug-likeness (QED) is 0.580. The lowest BCUT2D eigenvalue weighted by molar-refractivity contribution is -0.116. The van der Waals surface area contributed by atoms with E-state index in [2.05, 4.69) is 0 Å². The van der Waals surface area contributed by atoms with Gasteiger partial charge in [-0.25, -0.2) is 8.42 Å². The van der Waals surface area contributed by atoms with Crippen molar-refractivity contribution in [3.63, 3.8) is 0 Å². The minimum Gasteiger partial charge on any atom is -0.314 e. The van der Waals surface area contributed by atoms with Gasteiger partial charge in [0.05, 0.1) is 10.6 Å². The summed E-state index contributed by atoms with van der Waals surface area (Å²) in [6.45, 7) is 1.54. The van der Waals surface area contributed by atoms with E-state index in [1.54, 1.807) is 67.7 Å². The van der Waals surface area contributed by atoms with E-state index in [4.69, 9.17) is 11.6 Å². The number of hydrogen-bond donors (Lipinski definition) is 0. The summed E-state index contributed by atoms with van der Waals surface area (Å²) in [5.74, 6) is -0.359. The molecule has 0 unspecified atom stereocenters. The Hall–Kier alpha value is -2.83. The third-order valence-corrected chi connectivity index (χ3v) is 6.56. The fourth-order valence-electron chi connectivity index (χ4n) is 2.78. The molecule has 0 saturated carbocycles. The average molecular weight is 429 g/mol. The molecule has 0 radical (unpaired) electrons. The molecule has 1 amide bonds. The predicted octanol–water partition coefficient (Wildman–Crippen LogP) is 4.51. The predicted molar refractivity (Wildman–Crippen MR) is 117 cm³/mol. The molecule has 7 heteroatoms. The van der Waals surface area contributed by atoms with Crippen molar-refractivity contribution >= 4 is 38.9 Å². The van der Waals surface area contributed by atoms with Crippen LogP contribution >= 0.6 is 11.6 Å². The average Bonchev–Trinajstić information content (AvgIpc) is 2.73. The number of amides is 1. The molecule has 0 aliphatic heterocycles. The van der Waals surface area contributed by atoms with E-state index in [9.17, 15) is 13.2 Å². The van der Waals surface area contributed by atoms with E-state index in [-0.39, 0.29) is 17.3 Å². The van der Waals surface area contributed by atoms with Gasteiger partial charge in [-0.15, -0.1) is 0 Å². The van der Waals surface area contributed by atoms with Gasteiger partial charge in [0.2, 0.25) is 5.91 Å². The first-order chi connectivity index (χ1) is 13.8. The summed E-state index contributed by atoms with van der Waals surface area (Å²) < 4.78 is 27.8. The Morgan fingerprint density at radius 3 is 2.03 bits per heavy atom. The molecular weight excluding hydrogens is 408 g/mol. The summed E-state index contributed by atoms with van der Waals surface area (Å²) in [7, 11) is -2.33. The minimum absolute atomic E-state index is 0.119. The largest absolute Gasteiger partial charge is 0.314 e. The zero-order valence-electron chi connectivity index (χ0n) is 16.1. The summed E-state index contributed by atoms with van der Waals surface area (Å²) in [5, 5.41) is 0.481. The zero-order chi connectivity index (χ0) is 21.0. The standard InChI is InChI=1S/C22H21ClN2O3S/c1-17-8-14-21(15-9-17)29(27,28)25(20-12-10-18(23)11-13-20)16-22(26)24(2)19-6-4-3-5-7-19/h3-15H,16H2,1-2H3. The van der Waals surface area contributed by atoms with Crippen LogP contribution in [0.15, 0.2) is 83.8 Å². The highest BCUT2D eigenvalue weighted by Gasteiger charge is 2.28. The van der Waals surface area contributed by atoms with Crippen LogP contribution in [0.5, 0.6) is 0 Å². The number of carbonyl (C=O) groups is 1. The lowest BCUT2D eigenvalue weighted by Gasteiger charge is -2.27. The van der Waals surface area contributed by atoms with Gasteiger partial charge in [-0.05, 0) is 55.5 Å². The monoisotopic (exact) mass is 428 g/mol.